The van der Waals surface area contributed by atoms with Crippen molar-refractivity contribution < 1.29 is 32.2 Å². The fraction of sp³-hybridized carbons (Fsp3) is 0.240. The summed E-state index contributed by atoms with van der Waals surface area (Å²) in [5.41, 5.74) is 0.716. The molecule has 0 fully saturated rings. The summed E-state index contributed by atoms with van der Waals surface area (Å²) in [6.07, 6.45) is 0. The van der Waals surface area contributed by atoms with E-state index < -0.39 is 15.3 Å². The molecule has 0 aliphatic carbocycles. The molecule has 1 atom stereocenters. The minimum absolute atomic E-state index is 0.0260. The van der Waals surface area contributed by atoms with Crippen LogP contribution >= 0.6 is 11.8 Å². The van der Waals surface area contributed by atoms with Crippen LogP contribution < -0.4 is 29.0 Å². The van der Waals surface area contributed by atoms with E-state index in [1.54, 1.807) is 45.4 Å². The zero-order chi connectivity index (χ0) is 26.3. The lowest BCUT2D eigenvalue weighted by Gasteiger charge is -2.15. The van der Waals surface area contributed by atoms with Gasteiger partial charge >= 0.3 is 0 Å². The van der Waals surface area contributed by atoms with Crippen LogP contribution in [0.15, 0.2) is 70.5 Å². The van der Waals surface area contributed by atoms with Gasteiger partial charge in [-0.15, -0.1) is 11.8 Å². The van der Waals surface area contributed by atoms with E-state index in [1.165, 1.54) is 56.3 Å². The largest absolute Gasteiger partial charge is 0.497 e. The molecule has 11 heteroatoms. The lowest BCUT2D eigenvalue weighted by molar-refractivity contribution is -0.115. The minimum Gasteiger partial charge on any atom is -0.497 e. The van der Waals surface area contributed by atoms with Crippen molar-refractivity contribution in [3.63, 3.8) is 0 Å². The monoisotopic (exact) mass is 532 g/mol. The summed E-state index contributed by atoms with van der Waals surface area (Å²) in [6.45, 7) is 1.78. The van der Waals surface area contributed by atoms with Crippen LogP contribution in [0.3, 0.4) is 0 Å². The van der Waals surface area contributed by atoms with Gasteiger partial charge in [0.1, 0.15) is 11.5 Å². The summed E-state index contributed by atoms with van der Waals surface area (Å²) in [6, 6.07) is 16.1. The summed E-state index contributed by atoms with van der Waals surface area (Å²) in [4.78, 5) is 13.6. The van der Waals surface area contributed by atoms with Gasteiger partial charge in [0.25, 0.3) is 10.0 Å². The summed E-state index contributed by atoms with van der Waals surface area (Å²) in [5.74, 6) is 1.78. The molecule has 192 valence electrons. The Morgan fingerprint density at radius 1 is 0.806 bits per heavy atom. The van der Waals surface area contributed by atoms with Crippen molar-refractivity contribution in [3.8, 4) is 23.0 Å². The Balaban J connectivity index is 1.67. The first-order valence-corrected chi connectivity index (χ1v) is 13.1. The van der Waals surface area contributed by atoms with Gasteiger partial charge in [-0.2, -0.15) is 0 Å². The summed E-state index contributed by atoms with van der Waals surface area (Å²) in [7, 11) is 2.13. The summed E-state index contributed by atoms with van der Waals surface area (Å²) in [5, 5.41) is 2.38. The van der Waals surface area contributed by atoms with Crippen LogP contribution in [0.2, 0.25) is 0 Å². The normalized spacial score (nSPS) is 11.8. The number of thioether (sulfide) groups is 1. The Kier molecular flexibility index (Phi) is 8.94. The van der Waals surface area contributed by atoms with Gasteiger partial charge < -0.3 is 24.3 Å². The number of anilines is 2. The quantitative estimate of drug-likeness (QED) is 0.344. The summed E-state index contributed by atoms with van der Waals surface area (Å²) >= 11 is 1.36. The lowest BCUT2D eigenvalue weighted by Crippen LogP contribution is -2.22. The van der Waals surface area contributed by atoms with Crippen LogP contribution in [0.25, 0.3) is 0 Å². The zero-order valence-corrected chi connectivity index (χ0v) is 22.2. The highest BCUT2D eigenvalue weighted by Gasteiger charge is 2.19. The van der Waals surface area contributed by atoms with Crippen LogP contribution in [-0.2, 0) is 14.8 Å². The Bertz CT molecular complexity index is 1310. The first-order chi connectivity index (χ1) is 17.2. The van der Waals surface area contributed by atoms with Crippen molar-refractivity contribution in [2.75, 3.05) is 38.5 Å². The van der Waals surface area contributed by atoms with E-state index in [4.69, 9.17) is 18.9 Å². The number of carbonyl (C=O) groups excluding carboxylic acids is 1. The molecule has 0 aliphatic rings. The highest BCUT2D eigenvalue weighted by atomic mass is 32.2. The predicted molar refractivity (Wildman–Crippen MR) is 140 cm³/mol. The molecular weight excluding hydrogens is 504 g/mol. The van der Waals surface area contributed by atoms with Crippen LogP contribution in [0.4, 0.5) is 11.4 Å². The number of hydrogen-bond donors (Lipinski definition) is 2. The van der Waals surface area contributed by atoms with Crippen molar-refractivity contribution in [2.24, 2.45) is 0 Å². The maximum Gasteiger partial charge on any atom is 0.262 e. The second-order valence-corrected chi connectivity index (χ2v) is 10.6. The highest BCUT2D eigenvalue weighted by molar-refractivity contribution is 8.00. The lowest BCUT2D eigenvalue weighted by atomic mass is 10.3. The molecule has 3 aromatic carbocycles. The molecule has 0 aromatic heterocycles. The first kappa shape index (κ1) is 27.0. The Morgan fingerprint density at radius 2 is 1.44 bits per heavy atom. The molecule has 0 unspecified atom stereocenters. The van der Waals surface area contributed by atoms with Crippen molar-refractivity contribution in [3.05, 3.63) is 60.7 Å². The van der Waals surface area contributed by atoms with Crippen LogP contribution in [0.1, 0.15) is 6.92 Å². The first-order valence-electron chi connectivity index (χ1n) is 10.7. The molecule has 3 aromatic rings. The minimum atomic E-state index is -3.91. The topological polar surface area (TPSA) is 112 Å². The van der Waals surface area contributed by atoms with Crippen LogP contribution in [-0.4, -0.2) is 48.0 Å². The van der Waals surface area contributed by atoms with Gasteiger partial charge in [-0.1, -0.05) is 0 Å². The molecule has 0 saturated heterocycles. The number of methoxy groups -OCH3 is 4. The van der Waals surface area contributed by atoms with E-state index in [9.17, 15) is 13.2 Å². The highest BCUT2D eigenvalue weighted by Crippen LogP contribution is 2.34. The smallest absolute Gasteiger partial charge is 0.262 e. The number of sulfonamides is 1. The number of nitrogens with one attached hydrogen (secondary N) is 2. The number of rotatable bonds is 11. The van der Waals surface area contributed by atoms with E-state index >= 15 is 0 Å². The number of ether oxygens (including phenoxy) is 4. The van der Waals surface area contributed by atoms with E-state index in [1.807, 2.05) is 6.07 Å². The molecule has 9 nitrogen and oxygen atoms in total. The van der Waals surface area contributed by atoms with Gasteiger partial charge in [-0.05, 0) is 61.5 Å². The maximum atomic E-state index is 12.9. The second kappa shape index (κ2) is 11.9. The summed E-state index contributed by atoms with van der Waals surface area (Å²) < 4.78 is 49.2. The molecule has 0 spiro atoms. The number of benzene rings is 3. The molecule has 0 heterocycles. The molecule has 2 N–H and O–H groups in total. The number of hydrogen-bond acceptors (Lipinski definition) is 8. The van der Waals surface area contributed by atoms with Gasteiger partial charge in [0.05, 0.1) is 44.3 Å². The van der Waals surface area contributed by atoms with Gasteiger partial charge in [0.15, 0.2) is 11.5 Å². The van der Waals surface area contributed by atoms with E-state index in [0.29, 0.717) is 28.7 Å². The zero-order valence-electron chi connectivity index (χ0n) is 20.5. The van der Waals surface area contributed by atoms with E-state index in [-0.39, 0.29) is 16.5 Å². The van der Waals surface area contributed by atoms with Crippen LogP contribution in [0, 0.1) is 0 Å². The molecule has 3 rings (SSSR count). The van der Waals surface area contributed by atoms with Gasteiger partial charge in [-0.25, -0.2) is 8.42 Å². The van der Waals surface area contributed by atoms with E-state index in [0.717, 1.165) is 4.90 Å². The standard InChI is InChI=1S/C25H28N2O7S2/c1-16(35-19-9-13-23(33-4)24(15-19)34-5)25(28)26-17-6-10-20(11-7-17)36(29,30)27-21-14-18(31-2)8-12-22(21)32-3/h6-16,27H,1-5H3,(H,26,28)/t16-/m1/s1. The van der Waals surface area contributed by atoms with Gasteiger partial charge in [-0.3, -0.25) is 9.52 Å². The Hall–Kier alpha value is -3.57. The Morgan fingerprint density at radius 3 is 2.06 bits per heavy atom. The fourth-order valence-electron chi connectivity index (χ4n) is 3.21. The van der Waals surface area contributed by atoms with Crippen molar-refractivity contribution in [1.82, 2.24) is 0 Å². The molecule has 0 bridgehead atoms. The number of carbonyl (C=O) groups is 1. The van der Waals surface area contributed by atoms with Crippen molar-refractivity contribution >= 4 is 39.1 Å². The predicted octanol–water partition coefficient (Wildman–Crippen LogP) is 4.64. The van der Waals surface area contributed by atoms with Gasteiger partial charge in [0.2, 0.25) is 5.91 Å². The third-order valence-corrected chi connectivity index (χ3v) is 7.60. The maximum absolute atomic E-state index is 12.9. The molecule has 36 heavy (non-hydrogen) atoms. The number of amides is 1. The Labute approximate surface area is 215 Å². The third kappa shape index (κ3) is 6.55. The molecule has 0 aliphatic heterocycles. The molecular formula is C25H28N2O7S2. The average molecular weight is 533 g/mol. The SMILES string of the molecule is COc1ccc(OC)c(NS(=O)(=O)c2ccc(NC(=O)[C@@H](C)Sc3ccc(OC)c(OC)c3)cc2)c1. The molecule has 1 amide bonds. The molecule has 0 radical (unpaired) electrons. The van der Waals surface area contributed by atoms with Crippen LogP contribution in [0.5, 0.6) is 23.0 Å². The second-order valence-electron chi connectivity index (χ2n) is 7.46. The van der Waals surface area contributed by atoms with Crippen molar-refractivity contribution in [2.45, 2.75) is 22.0 Å². The van der Waals surface area contributed by atoms with Gasteiger partial charge in [0, 0.05) is 16.6 Å². The molecule has 0 saturated carbocycles. The average Bonchev–Trinajstić information content (AvgIpc) is 2.88. The third-order valence-electron chi connectivity index (χ3n) is 5.12. The fourth-order valence-corrected chi connectivity index (χ4v) is 5.16. The van der Waals surface area contributed by atoms with Crippen molar-refractivity contribution in [1.29, 1.82) is 0 Å². The van der Waals surface area contributed by atoms with E-state index in [2.05, 4.69) is 10.0 Å².